The van der Waals surface area contributed by atoms with Crippen LogP contribution in [0.15, 0.2) is 16.3 Å². The van der Waals surface area contributed by atoms with Gasteiger partial charge in [0.2, 0.25) is 0 Å². The predicted molar refractivity (Wildman–Crippen MR) is 75.6 cm³/mol. The second kappa shape index (κ2) is 5.88. The van der Waals surface area contributed by atoms with Gasteiger partial charge in [0.25, 0.3) is 10.0 Å². The van der Waals surface area contributed by atoms with Gasteiger partial charge in [-0.3, -0.25) is 0 Å². The molecule has 108 valence electrons. The Kier molecular flexibility index (Phi) is 4.62. The third-order valence-corrected chi connectivity index (χ3v) is 7.15. The summed E-state index contributed by atoms with van der Waals surface area (Å²) in [6, 6.07) is 3.16. The Morgan fingerprint density at radius 2 is 2.26 bits per heavy atom. The number of rotatable bonds is 5. The number of nitrogens with zero attached hydrogens (tertiary/aromatic N) is 1. The summed E-state index contributed by atoms with van der Waals surface area (Å²) < 4.78 is 26.9. The summed E-state index contributed by atoms with van der Waals surface area (Å²) in [7, 11) is -3.48. The molecule has 2 unspecified atom stereocenters. The van der Waals surface area contributed by atoms with Crippen LogP contribution < -0.4 is 5.73 Å². The second-order valence-corrected chi connectivity index (χ2v) is 8.18. The van der Waals surface area contributed by atoms with Gasteiger partial charge in [0.15, 0.2) is 0 Å². The highest BCUT2D eigenvalue weighted by atomic mass is 32.2. The molecule has 5 nitrogen and oxygen atoms in total. The standard InChI is InChI=1S/C12H20N2O3S2/c1-9-5-7-14(11(9)8-15)19(16,17)12-3-2-10(18-12)4-6-13/h2-3,9,11,15H,4-8,13H2,1H3. The third-order valence-electron chi connectivity index (χ3n) is 3.61. The van der Waals surface area contributed by atoms with Crippen LogP contribution in [0.25, 0.3) is 0 Å². The van der Waals surface area contributed by atoms with E-state index in [2.05, 4.69) is 0 Å². The molecule has 0 aromatic carbocycles. The molecule has 2 heterocycles. The average molecular weight is 304 g/mol. The Bertz CT molecular complexity index is 527. The minimum absolute atomic E-state index is 0.124. The van der Waals surface area contributed by atoms with Crippen molar-refractivity contribution >= 4 is 21.4 Å². The van der Waals surface area contributed by atoms with Crippen molar-refractivity contribution < 1.29 is 13.5 Å². The molecule has 2 rings (SSSR count). The number of hydrogen-bond acceptors (Lipinski definition) is 5. The van der Waals surface area contributed by atoms with E-state index in [0.717, 1.165) is 11.3 Å². The van der Waals surface area contributed by atoms with E-state index < -0.39 is 10.0 Å². The molecule has 1 aliphatic rings. The SMILES string of the molecule is CC1CCN(S(=O)(=O)c2ccc(CCN)s2)C1CO. The lowest BCUT2D eigenvalue weighted by molar-refractivity contribution is 0.191. The first-order valence-corrected chi connectivity index (χ1v) is 8.68. The first kappa shape index (κ1) is 14.9. The van der Waals surface area contributed by atoms with Crippen LogP contribution in [0.5, 0.6) is 0 Å². The molecule has 1 aromatic rings. The molecule has 3 N–H and O–H groups in total. The number of sulfonamides is 1. The minimum atomic E-state index is -3.48. The fourth-order valence-electron chi connectivity index (χ4n) is 2.43. The van der Waals surface area contributed by atoms with E-state index in [9.17, 15) is 13.5 Å². The Balaban J connectivity index is 2.26. The highest BCUT2D eigenvalue weighted by Gasteiger charge is 2.39. The van der Waals surface area contributed by atoms with Gasteiger partial charge >= 0.3 is 0 Å². The molecular formula is C12H20N2O3S2. The van der Waals surface area contributed by atoms with Crippen LogP contribution in [0.1, 0.15) is 18.2 Å². The molecule has 0 amide bonds. The van der Waals surface area contributed by atoms with E-state index in [1.54, 1.807) is 6.07 Å². The predicted octanol–water partition coefficient (Wildman–Crippen LogP) is 0.641. The van der Waals surface area contributed by atoms with Gasteiger partial charge in [-0.25, -0.2) is 8.42 Å². The minimum Gasteiger partial charge on any atom is -0.395 e. The molecule has 0 bridgehead atoms. The maximum Gasteiger partial charge on any atom is 0.252 e. The van der Waals surface area contributed by atoms with Gasteiger partial charge in [0.05, 0.1) is 12.6 Å². The Morgan fingerprint density at radius 1 is 1.53 bits per heavy atom. The number of hydrogen-bond donors (Lipinski definition) is 2. The molecule has 1 saturated heterocycles. The highest BCUT2D eigenvalue weighted by molar-refractivity contribution is 7.91. The van der Waals surface area contributed by atoms with Gasteiger partial charge in [-0.05, 0) is 37.4 Å². The first-order chi connectivity index (χ1) is 9.00. The summed E-state index contributed by atoms with van der Waals surface area (Å²) in [4.78, 5) is 0.980. The topological polar surface area (TPSA) is 83.6 Å². The van der Waals surface area contributed by atoms with Crippen LogP contribution >= 0.6 is 11.3 Å². The molecule has 0 radical (unpaired) electrons. The molecule has 0 spiro atoms. The van der Waals surface area contributed by atoms with Gasteiger partial charge < -0.3 is 10.8 Å². The fraction of sp³-hybridized carbons (Fsp3) is 0.667. The van der Waals surface area contributed by atoms with Crippen molar-refractivity contribution in [3.63, 3.8) is 0 Å². The largest absolute Gasteiger partial charge is 0.395 e. The summed E-state index contributed by atoms with van der Waals surface area (Å²) in [6.45, 7) is 2.85. The van der Waals surface area contributed by atoms with Crippen molar-refractivity contribution in [2.45, 2.75) is 30.0 Å². The normalized spacial score (nSPS) is 25.0. The van der Waals surface area contributed by atoms with Crippen LogP contribution in [-0.4, -0.2) is 43.6 Å². The van der Waals surface area contributed by atoms with Crippen LogP contribution in [0, 0.1) is 5.92 Å². The third kappa shape index (κ3) is 2.85. The van der Waals surface area contributed by atoms with Crippen molar-refractivity contribution in [3.8, 4) is 0 Å². The average Bonchev–Trinajstić information content (AvgIpc) is 2.96. The lowest BCUT2D eigenvalue weighted by atomic mass is 10.0. The molecular weight excluding hydrogens is 284 g/mol. The quantitative estimate of drug-likeness (QED) is 0.836. The summed E-state index contributed by atoms with van der Waals surface area (Å²) in [5.74, 6) is 0.197. The van der Waals surface area contributed by atoms with Crippen LogP contribution in [0.2, 0.25) is 0 Å². The molecule has 0 aliphatic carbocycles. The van der Waals surface area contributed by atoms with Crippen molar-refractivity contribution in [2.24, 2.45) is 11.7 Å². The van der Waals surface area contributed by atoms with Gasteiger partial charge in [-0.15, -0.1) is 11.3 Å². The van der Waals surface area contributed by atoms with E-state index in [0.29, 0.717) is 23.7 Å². The van der Waals surface area contributed by atoms with E-state index >= 15 is 0 Å². The highest BCUT2D eigenvalue weighted by Crippen LogP contribution is 2.32. The molecule has 1 fully saturated rings. The lowest BCUT2D eigenvalue weighted by Gasteiger charge is -2.23. The number of aliphatic hydroxyl groups is 1. The van der Waals surface area contributed by atoms with Gasteiger partial charge in [0.1, 0.15) is 4.21 Å². The van der Waals surface area contributed by atoms with E-state index in [4.69, 9.17) is 5.73 Å². The number of thiophene rings is 1. The number of nitrogens with two attached hydrogens (primary N) is 1. The van der Waals surface area contributed by atoms with E-state index in [1.807, 2.05) is 13.0 Å². The fourth-order valence-corrected chi connectivity index (χ4v) is 5.66. The van der Waals surface area contributed by atoms with Gasteiger partial charge in [-0.2, -0.15) is 4.31 Å². The van der Waals surface area contributed by atoms with Crippen molar-refractivity contribution in [2.75, 3.05) is 19.7 Å². The summed E-state index contributed by atoms with van der Waals surface area (Å²) in [5.41, 5.74) is 5.48. The van der Waals surface area contributed by atoms with Gasteiger partial charge in [-0.1, -0.05) is 6.92 Å². The maximum absolute atomic E-state index is 12.6. The first-order valence-electron chi connectivity index (χ1n) is 6.42. The Morgan fingerprint density at radius 3 is 2.89 bits per heavy atom. The zero-order valence-electron chi connectivity index (χ0n) is 10.9. The van der Waals surface area contributed by atoms with Crippen LogP contribution in [0.3, 0.4) is 0 Å². The van der Waals surface area contributed by atoms with Crippen LogP contribution in [-0.2, 0) is 16.4 Å². The molecule has 1 aliphatic heterocycles. The zero-order chi connectivity index (χ0) is 14.0. The molecule has 2 atom stereocenters. The second-order valence-electron chi connectivity index (χ2n) is 4.89. The zero-order valence-corrected chi connectivity index (χ0v) is 12.6. The smallest absolute Gasteiger partial charge is 0.252 e. The van der Waals surface area contributed by atoms with Crippen molar-refractivity contribution in [3.05, 3.63) is 17.0 Å². The molecule has 1 aromatic heterocycles. The summed E-state index contributed by atoms with van der Waals surface area (Å²) in [6.07, 6.45) is 1.49. The maximum atomic E-state index is 12.6. The summed E-state index contributed by atoms with van der Waals surface area (Å²) >= 11 is 1.27. The lowest BCUT2D eigenvalue weighted by Crippen LogP contribution is -2.39. The Hall–Kier alpha value is -0.470. The number of aliphatic hydroxyl groups excluding tert-OH is 1. The van der Waals surface area contributed by atoms with Crippen LogP contribution in [0.4, 0.5) is 0 Å². The van der Waals surface area contributed by atoms with E-state index in [-0.39, 0.29) is 18.6 Å². The van der Waals surface area contributed by atoms with Gasteiger partial charge in [0, 0.05) is 11.4 Å². The molecule has 7 heteroatoms. The van der Waals surface area contributed by atoms with E-state index in [1.165, 1.54) is 15.6 Å². The molecule has 19 heavy (non-hydrogen) atoms. The molecule has 0 saturated carbocycles. The van der Waals surface area contributed by atoms with Crippen molar-refractivity contribution in [1.29, 1.82) is 0 Å². The van der Waals surface area contributed by atoms with Crippen molar-refractivity contribution in [1.82, 2.24) is 4.31 Å². The Labute approximate surface area is 118 Å². The monoisotopic (exact) mass is 304 g/mol. The summed E-state index contributed by atoms with van der Waals surface area (Å²) in [5, 5.41) is 9.39.